The molecule has 3 heteroatoms. The van der Waals surface area contributed by atoms with E-state index in [1.807, 2.05) is 0 Å². The minimum absolute atomic E-state index is 0.202. The lowest BCUT2D eigenvalue weighted by atomic mass is 10.1. The number of hydrogen-bond donors (Lipinski definition) is 1. The SMILES string of the molecule is Fc1ccc2oc3c(c2c1)CNCC3. The van der Waals surface area contributed by atoms with Gasteiger partial charge in [0, 0.05) is 30.5 Å². The molecule has 1 aliphatic rings. The minimum atomic E-state index is -0.202. The molecule has 0 saturated carbocycles. The third kappa shape index (κ3) is 1.06. The molecule has 1 N–H and O–H groups in total. The summed E-state index contributed by atoms with van der Waals surface area (Å²) in [6.45, 7) is 1.72. The maximum atomic E-state index is 13.0. The Morgan fingerprint density at radius 1 is 1.36 bits per heavy atom. The predicted octanol–water partition coefficient (Wildman–Crippen LogP) is 2.22. The van der Waals surface area contributed by atoms with Crippen LogP contribution in [0.15, 0.2) is 22.6 Å². The number of benzene rings is 1. The Labute approximate surface area is 80.7 Å². The van der Waals surface area contributed by atoms with Gasteiger partial charge in [-0.25, -0.2) is 4.39 Å². The van der Waals surface area contributed by atoms with E-state index in [9.17, 15) is 4.39 Å². The van der Waals surface area contributed by atoms with Crippen LogP contribution in [-0.2, 0) is 13.0 Å². The smallest absolute Gasteiger partial charge is 0.134 e. The van der Waals surface area contributed by atoms with Crippen molar-refractivity contribution in [3.05, 3.63) is 35.3 Å². The van der Waals surface area contributed by atoms with Crippen molar-refractivity contribution < 1.29 is 8.81 Å². The van der Waals surface area contributed by atoms with Gasteiger partial charge in [0.05, 0.1) is 0 Å². The van der Waals surface area contributed by atoms with Crippen molar-refractivity contribution in [3.63, 3.8) is 0 Å². The molecule has 0 aliphatic carbocycles. The van der Waals surface area contributed by atoms with Crippen molar-refractivity contribution in [2.75, 3.05) is 6.54 Å². The molecule has 0 spiro atoms. The Morgan fingerprint density at radius 2 is 2.29 bits per heavy atom. The first-order valence-electron chi connectivity index (χ1n) is 4.75. The molecule has 0 bridgehead atoms. The van der Waals surface area contributed by atoms with Crippen LogP contribution in [0.4, 0.5) is 4.39 Å². The van der Waals surface area contributed by atoms with Gasteiger partial charge < -0.3 is 9.73 Å². The normalized spacial score (nSPS) is 15.8. The maximum absolute atomic E-state index is 13.0. The molecule has 0 radical (unpaired) electrons. The van der Waals surface area contributed by atoms with Crippen molar-refractivity contribution in [3.8, 4) is 0 Å². The fourth-order valence-corrected chi connectivity index (χ4v) is 1.98. The maximum Gasteiger partial charge on any atom is 0.134 e. The van der Waals surface area contributed by atoms with Gasteiger partial charge in [-0.3, -0.25) is 0 Å². The van der Waals surface area contributed by atoms with Gasteiger partial charge in [0.2, 0.25) is 0 Å². The largest absolute Gasteiger partial charge is 0.461 e. The molecule has 72 valence electrons. The second-order valence-electron chi connectivity index (χ2n) is 3.57. The van der Waals surface area contributed by atoms with E-state index in [0.717, 1.165) is 41.8 Å². The van der Waals surface area contributed by atoms with Crippen molar-refractivity contribution >= 4 is 11.0 Å². The lowest BCUT2D eigenvalue weighted by molar-refractivity contribution is 0.500. The molecule has 14 heavy (non-hydrogen) atoms. The predicted molar refractivity (Wildman–Crippen MR) is 51.6 cm³/mol. The van der Waals surface area contributed by atoms with E-state index >= 15 is 0 Å². The molecule has 0 fully saturated rings. The number of hydrogen-bond acceptors (Lipinski definition) is 2. The van der Waals surface area contributed by atoms with E-state index in [0.29, 0.717) is 0 Å². The van der Waals surface area contributed by atoms with Gasteiger partial charge in [-0.2, -0.15) is 0 Å². The van der Waals surface area contributed by atoms with Gasteiger partial charge >= 0.3 is 0 Å². The van der Waals surface area contributed by atoms with Crippen molar-refractivity contribution in [1.82, 2.24) is 5.32 Å². The first-order chi connectivity index (χ1) is 6.84. The summed E-state index contributed by atoms with van der Waals surface area (Å²) in [5.74, 6) is 0.802. The molecule has 0 atom stereocenters. The third-order valence-corrected chi connectivity index (χ3v) is 2.67. The Morgan fingerprint density at radius 3 is 3.21 bits per heavy atom. The number of furan rings is 1. The van der Waals surface area contributed by atoms with Crippen LogP contribution >= 0.6 is 0 Å². The molecule has 0 unspecified atom stereocenters. The fourth-order valence-electron chi connectivity index (χ4n) is 1.98. The highest BCUT2D eigenvalue weighted by Crippen LogP contribution is 2.28. The quantitative estimate of drug-likeness (QED) is 0.690. The van der Waals surface area contributed by atoms with Gasteiger partial charge in [-0.05, 0) is 18.2 Å². The summed E-state index contributed by atoms with van der Waals surface area (Å²) in [4.78, 5) is 0. The van der Waals surface area contributed by atoms with E-state index in [2.05, 4.69) is 5.32 Å². The molecule has 2 aromatic rings. The zero-order chi connectivity index (χ0) is 9.54. The summed E-state index contributed by atoms with van der Waals surface area (Å²) < 4.78 is 18.7. The van der Waals surface area contributed by atoms with Crippen LogP contribution in [0.25, 0.3) is 11.0 Å². The fraction of sp³-hybridized carbons (Fsp3) is 0.273. The average Bonchev–Trinajstić information content (AvgIpc) is 2.56. The Hall–Kier alpha value is -1.35. The van der Waals surface area contributed by atoms with Crippen molar-refractivity contribution in [2.24, 2.45) is 0 Å². The molecule has 2 heterocycles. The first kappa shape index (κ1) is 8.00. The van der Waals surface area contributed by atoms with Crippen LogP contribution in [0.1, 0.15) is 11.3 Å². The third-order valence-electron chi connectivity index (χ3n) is 2.67. The first-order valence-corrected chi connectivity index (χ1v) is 4.75. The summed E-state index contributed by atoms with van der Waals surface area (Å²) in [6.07, 6.45) is 0.894. The lowest BCUT2D eigenvalue weighted by Gasteiger charge is -2.10. The summed E-state index contributed by atoms with van der Waals surface area (Å²) in [5.41, 5.74) is 1.91. The molecule has 3 rings (SSSR count). The molecule has 1 aromatic carbocycles. The van der Waals surface area contributed by atoms with Crippen molar-refractivity contribution in [1.29, 1.82) is 0 Å². The highest BCUT2D eigenvalue weighted by Gasteiger charge is 2.17. The van der Waals surface area contributed by atoms with Crippen LogP contribution in [0.5, 0.6) is 0 Å². The molecule has 1 aromatic heterocycles. The van der Waals surface area contributed by atoms with Crippen LogP contribution in [0.3, 0.4) is 0 Å². The number of rotatable bonds is 0. The summed E-state index contributed by atoms with van der Waals surface area (Å²) in [7, 11) is 0. The molecule has 1 aliphatic heterocycles. The molecule has 2 nitrogen and oxygen atoms in total. The zero-order valence-electron chi connectivity index (χ0n) is 7.64. The molecule has 0 amide bonds. The average molecular weight is 191 g/mol. The van der Waals surface area contributed by atoms with E-state index in [4.69, 9.17) is 4.42 Å². The van der Waals surface area contributed by atoms with Crippen LogP contribution in [0, 0.1) is 5.82 Å². The standard InChI is InChI=1S/C11H10FNO/c12-7-1-2-10-8(5-7)9-6-13-4-3-11(9)14-10/h1-2,5,13H,3-4,6H2. The van der Waals surface area contributed by atoms with Crippen LogP contribution in [-0.4, -0.2) is 6.54 Å². The summed E-state index contributed by atoms with van der Waals surface area (Å²) in [6, 6.07) is 4.68. The van der Waals surface area contributed by atoms with Gasteiger partial charge in [-0.1, -0.05) is 0 Å². The molecular formula is C11H10FNO. The van der Waals surface area contributed by atoms with Crippen LogP contribution < -0.4 is 5.32 Å². The highest BCUT2D eigenvalue weighted by molar-refractivity contribution is 5.82. The number of fused-ring (bicyclic) bond motifs is 3. The topological polar surface area (TPSA) is 25.2 Å². The van der Waals surface area contributed by atoms with Gasteiger partial charge in [0.1, 0.15) is 17.2 Å². The van der Waals surface area contributed by atoms with Gasteiger partial charge in [0.25, 0.3) is 0 Å². The number of nitrogens with one attached hydrogen (secondary N) is 1. The Balaban J connectivity index is 2.32. The summed E-state index contributed by atoms with van der Waals surface area (Å²) in [5, 5.41) is 4.17. The van der Waals surface area contributed by atoms with E-state index in [1.54, 1.807) is 12.1 Å². The van der Waals surface area contributed by atoms with Crippen molar-refractivity contribution in [2.45, 2.75) is 13.0 Å². The monoisotopic (exact) mass is 191 g/mol. The highest BCUT2D eigenvalue weighted by atomic mass is 19.1. The molecule has 0 saturated heterocycles. The Kier molecular flexibility index (Phi) is 1.61. The number of halogens is 1. The van der Waals surface area contributed by atoms with Gasteiger partial charge in [-0.15, -0.1) is 0 Å². The lowest BCUT2D eigenvalue weighted by Crippen LogP contribution is -2.22. The van der Waals surface area contributed by atoms with E-state index in [-0.39, 0.29) is 5.82 Å². The molecular weight excluding hydrogens is 181 g/mol. The Bertz CT molecular complexity index is 489. The van der Waals surface area contributed by atoms with E-state index < -0.39 is 0 Å². The second kappa shape index (κ2) is 2.82. The minimum Gasteiger partial charge on any atom is -0.461 e. The van der Waals surface area contributed by atoms with Crippen LogP contribution in [0.2, 0.25) is 0 Å². The van der Waals surface area contributed by atoms with Gasteiger partial charge in [0.15, 0.2) is 0 Å². The second-order valence-corrected chi connectivity index (χ2v) is 3.57. The van der Waals surface area contributed by atoms with E-state index in [1.165, 1.54) is 6.07 Å². The summed E-state index contributed by atoms with van der Waals surface area (Å²) >= 11 is 0. The zero-order valence-corrected chi connectivity index (χ0v) is 7.64.